The van der Waals surface area contributed by atoms with Crippen LogP contribution in [-0.4, -0.2) is 22.9 Å². The topological polar surface area (TPSA) is 66.4 Å². The summed E-state index contributed by atoms with van der Waals surface area (Å²) in [5, 5.41) is 14.5. The fraction of sp³-hybridized carbons (Fsp3) is 0.744. The third kappa shape index (κ3) is 4.09. The van der Waals surface area contributed by atoms with E-state index in [0.717, 1.165) is 56.1 Å². The number of Topliss-reactive ketones (excluding diaryl/α,β-unsaturated/α-hetero) is 1. The van der Waals surface area contributed by atoms with Crippen LogP contribution in [0.3, 0.4) is 0 Å². The molecule has 0 heterocycles. The number of rotatable bonds is 4. The van der Waals surface area contributed by atoms with Crippen molar-refractivity contribution in [2.24, 2.45) is 50.7 Å². The first kappa shape index (κ1) is 31.1. The van der Waals surface area contributed by atoms with Crippen LogP contribution in [0.2, 0.25) is 0 Å². The molecule has 2 N–H and O–H groups in total. The Kier molecular flexibility index (Phi) is 7.06. The van der Waals surface area contributed by atoms with Gasteiger partial charge in [-0.15, -0.1) is 0 Å². The third-order valence-corrected chi connectivity index (χ3v) is 14.8. The number of aliphatic hydroxyl groups is 1. The lowest BCUT2D eigenvalue weighted by Gasteiger charge is -2.72. The number of benzene rings is 1. The molecule has 5 aliphatic rings. The fourth-order valence-electron chi connectivity index (χ4n) is 12.2. The van der Waals surface area contributed by atoms with Gasteiger partial charge in [-0.25, -0.2) is 0 Å². The van der Waals surface area contributed by atoms with Gasteiger partial charge in [0.05, 0.1) is 17.1 Å². The zero-order chi connectivity index (χ0) is 31.4. The lowest BCUT2D eigenvalue weighted by Crippen LogP contribution is -2.66. The highest BCUT2D eigenvalue weighted by Crippen LogP contribution is 2.76. The van der Waals surface area contributed by atoms with Crippen molar-refractivity contribution in [2.45, 2.75) is 132 Å². The Bertz CT molecular complexity index is 1340. The van der Waals surface area contributed by atoms with Gasteiger partial charge in [0, 0.05) is 6.42 Å². The van der Waals surface area contributed by atoms with Crippen LogP contribution in [0.1, 0.15) is 126 Å². The molecule has 2 unspecified atom stereocenters. The zero-order valence-corrected chi connectivity index (χ0v) is 28.4. The molecule has 43 heavy (non-hydrogen) atoms. The number of amides is 1. The number of allylic oxidation sites excluding steroid dienone is 1. The summed E-state index contributed by atoms with van der Waals surface area (Å²) < 4.78 is 0. The van der Waals surface area contributed by atoms with E-state index in [9.17, 15) is 14.7 Å². The molecule has 6 rings (SSSR count). The minimum absolute atomic E-state index is 0.0307. The van der Waals surface area contributed by atoms with Crippen LogP contribution in [0.5, 0.6) is 0 Å². The van der Waals surface area contributed by atoms with Gasteiger partial charge in [0.25, 0.3) is 0 Å². The normalized spacial score (nSPS) is 42.2. The molecule has 0 aliphatic heterocycles. The van der Waals surface area contributed by atoms with E-state index in [1.54, 1.807) is 0 Å². The average Bonchev–Trinajstić information content (AvgIpc) is 3.25. The van der Waals surface area contributed by atoms with Crippen LogP contribution in [-0.2, 0) is 15.1 Å². The van der Waals surface area contributed by atoms with E-state index < -0.39 is 11.0 Å². The van der Waals surface area contributed by atoms with Crippen LogP contribution >= 0.6 is 0 Å². The van der Waals surface area contributed by atoms with E-state index in [0.29, 0.717) is 18.3 Å². The number of carbonyl (C=O) groups is 2. The maximum absolute atomic E-state index is 14.7. The third-order valence-electron chi connectivity index (χ3n) is 14.8. The number of hydrogen-bond donors (Lipinski definition) is 2. The molecule has 4 heteroatoms. The second kappa shape index (κ2) is 9.78. The molecular formula is C39H57NO3. The van der Waals surface area contributed by atoms with E-state index >= 15 is 0 Å². The number of nitrogens with one attached hydrogen (secondary N) is 1. The van der Waals surface area contributed by atoms with Crippen molar-refractivity contribution in [2.75, 3.05) is 0 Å². The van der Waals surface area contributed by atoms with Crippen molar-refractivity contribution in [1.82, 2.24) is 5.32 Å². The summed E-state index contributed by atoms with van der Waals surface area (Å²) in [6.45, 7) is 20.8. The second-order valence-corrected chi connectivity index (χ2v) is 17.6. The molecule has 4 saturated carbocycles. The molecule has 8 atom stereocenters. The summed E-state index contributed by atoms with van der Waals surface area (Å²) in [7, 11) is 0. The summed E-state index contributed by atoms with van der Waals surface area (Å²) in [5.74, 6) is 1.72. The summed E-state index contributed by atoms with van der Waals surface area (Å²) >= 11 is 0. The van der Waals surface area contributed by atoms with Gasteiger partial charge in [-0.3, -0.25) is 9.59 Å². The summed E-state index contributed by atoms with van der Waals surface area (Å²) in [6, 6.07) is 10.2. The molecule has 1 aromatic carbocycles. The van der Waals surface area contributed by atoms with Crippen LogP contribution in [0, 0.1) is 50.7 Å². The van der Waals surface area contributed by atoms with Crippen molar-refractivity contribution in [3.05, 3.63) is 47.0 Å². The molecule has 4 nitrogen and oxygen atoms in total. The highest BCUT2D eigenvalue weighted by atomic mass is 16.3. The lowest BCUT2D eigenvalue weighted by molar-refractivity contribution is -0.228. The molecule has 1 amide bonds. The van der Waals surface area contributed by atoms with Crippen LogP contribution in [0.4, 0.5) is 0 Å². The van der Waals surface area contributed by atoms with E-state index in [-0.39, 0.29) is 51.3 Å². The van der Waals surface area contributed by atoms with E-state index in [1.807, 2.05) is 18.2 Å². The molecule has 5 aliphatic carbocycles. The quantitative estimate of drug-likeness (QED) is 0.372. The first-order valence-electron chi connectivity index (χ1n) is 17.3. The van der Waals surface area contributed by atoms with Gasteiger partial charge < -0.3 is 10.4 Å². The smallest absolute Gasteiger partial charge is 0.231 e. The molecule has 0 bridgehead atoms. The Balaban J connectivity index is 1.41. The Morgan fingerprint density at radius 3 is 2.21 bits per heavy atom. The van der Waals surface area contributed by atoms with Gasteiger partial charge in [0.2, 0.25) is 5.91 Å². The number of ketones is 1. The minimum atomic E-state index is -0.742. The molecule has 0 radical (unpaired) electrons. The minimum Gasteiger partial charge on any atom is -0.393 e. The average molecular weight is 588 g/mol. The standard InChI is InChI=1S/C39H57NO3/c1-24(2)31-27(41)23-39(33(43)40-35(5,6)25-13-11-10-12-14-25)22-21-37(8)26(32(31)39)15-16-29-36(7)19-18-30(42)34(3,4)28(36)17-20-38(29,37)9/h10-14,24,26,28-30,42H,15-23H2,1-9H3,(H,40,43)/t26-,28?,29?,30+,36+,37-,38-,39-/m1/s1. The Morgan fingerprint density at radius 2 is 1.56 bits per heavy atom. The first-order chi connectivity index (χ1) is 20.0. The van der Waals surface area contributed by atoms with E-state index in [2.05, 4.69) is 79.8 Å². The summed E-state index contributed by atoms with van der Waals surface area (Å²) in [4.78, 5) is 28.6. The van der Waals surface area contributed by atoms with Crippen molar-refractivity contribution < 1.29 is 14.7 Å². The van der Waals surface area contributed by atoms with Crippen LogP contribution in [0.15, 0.2) is 41.5 Å². The van der Waals surface area contributed by atoms with Crippen molar-refractivity contribution in [1.29, 1.82) is 0 Å². The molecule has 0 saturated heterocycles. The fourth-order valence-corrected chi connectivity index (χ4v) is 12.2. The first-order valence-corrected chi connectivity index (χ1v) is 17.3. The number of fused-ring (bicyclic) bond motifs is 7. The van der Waals surface area contributed by atoms with Crippen molar-refractivity contribution >= 4 is 11.7 Å². The summed E-state index contributed by atoms with van der Waals surface area (Å²) in [6.07, 6.45) is 8.35. The Hall–Kier alpha value is -1.94. The SMILES string of the molecule is CC(C)C1=C2[C@H]3CCC4[C@@]5(C)CC[C@H](O)C(C)(C)C5CC[C@@]4(C)[C@]3(C)CC[C@@]2(C(=O)NC(C)(C)c2ccccc2)CC1=O. The zero-order valence-electron chi connectivity index (χ0n) is 28.4. The van der Waals surface area contributed by atoms with Gasteiger partial charge in [-0.1, -0.05) is 78.8 Å². The molecule has 0 aromatic heterocycles. The largest absolute Gasteiger partial charge is 0.393 e. The van der Waals surface area contributed by atoms with Gasteiger partial charge >= 0.3 is 0 Å². The molecule has 236 valence electrons. The van der Waals surface area contributed by atoms with Gasteiger partial charge in [-0.2, -0.15) is 0 Å². The molecule has 1 aromatic rings. The predicted octanol–water partition coefficient (Wildman–Crippen LogP) is 8.38. The number of aliphatic hydroxyl groups excluding tert-OH is 1. The van der Waals surface area contributed by atoms with Gasteiger partial charge in [0.1, 0.15) is 0 Å². The van der Waals surface area contributed by atoms with E-state index in [1.165, 1.54) is 12.0 Å². The Morgan fingerprint density at radius 1 is 0.884 bits per heavy atom. The monoisotopic (exact) mass is 587 g/mol. The number of carbonyl (C=O) groups excluding carboxylic acids is 2. The van der Waals surface area contributed by atoms with Crippen LogP contribution in [0.25, 0.3) is 0 Å². The predicted molar refractivity (Wildman–Crippen MR) is 173 cm³/mol. The maximum Gasteiger partial charge on any atom is 0.231 e. The highest BCUT2D eigenvalue weighted by Gasteiger charge is 2.70. The molecule has 4 fully saturated rings. The van der Waals surface area contributed by atoms with Gasteiger partial charge in [-0.05, 0) is 127 Å². The highest BCUT2D eigenvalue weighted by molar-refractivity contribution is 6.07. The van der Waals surface area contributed by atoms with E-state index in [4.69, 9.17) is 0 Å². The molecular weight excluding hydrogens is 530 g/mol. The van der Waals surface area contributed by atoms with Gasteiger partial charge in [0.15, 0.2) is 5.78 Å². The lowest BCUT2D eigenvalue weighted by atomic mass is 9.33. The van der Waals surface area contributed by atoms with Crippen molar-refractivity contribution in [3.63, 3.8) is 0 Å². The van der Waals surface area contributed by atoms with Crippen LogP contribution < -0.4 is 5.32 Å². The number of hydrogen-bond acceptors (Lipinski definition) is 3. The maximum atomic E-state index is 14.7. The summed E-state index contributed by atoms with van der Waals surface area (Å²) in [5.41, 5.74) is 2.29. The van der Waals surface area contributed by atoms with Crippen molar-refractivity contribution in [3.8, 4) is 0 Å². The second-order valence-electron chi connectivity index (χ2n) is 17.6. The molecule has 0 spiro atoms. The Labute approximate surface area is 260 Å².